The van der Waals surface area contributed by atoms with Crippen LogP contribution in [0.1, 0.15) is 44.4 Å². The minimum absolute atomic E-state index is 0.0567. The van der Waals surface area contributed by atoms with Crippen LogP contribution in [0.5, 0.6) is 0 Å². The first kappa shape index (κ1) is 24.1. The zero-order valence-electron chi connectivity index (χ0n) is 19.4. The molecule has 32 heavy (non-hydrogen) atoms. The molecule has 2 aliphatic heterocycles. The summed E-state index contributed by atoms with van der Waals surface area (Å²) in [6.07, 6.45) is 0.251. The van der Waals surface area contributed by atoms with Crippen LogP contribution in [0.15, 0.2) is 51.6 Å². The highest BCUT2D eigenvalue weighted by Gasteiger charge is 2.41. The van der Waals surface area contributed by atoms with Crippen molar-refractivity contribution in [3.05, 3.63) is 57.8 Å². The maximum Gasteiger partial charge on any atom is 0.338 e. The molecule has 1 aromatic rings. The molecule has 172 valence electrons. The summed E-state index contributed by atoms with van der Waals surface area (Å²) in [5.41, 5.74) is 4.03. The number of esters is 1. The second-order valence-electron chi connectivity index (χ2n) is 7.68. The number of hydrogen-bond donors (Lipinski definition) is 0. The summed E-state index contributed by atoms with van der Waals surface area (Å²) in [6.45, 7) is 9.62. The number of hydrogen-bond acceptors (Lipinski definition) is 7. The molecule has 3 rings (SSSR count). The van der Waals surface area contributed by atoms with E-state index in [-0.39, 0.29) is 18.9 Å². The van der Waals surface area contributed by atoms with Crippen LogP contribution in [0.4, 0.5) is 0 Å². The monoisotopic (exact) mass is 457 g/mol. The van der Waals surface area contributed by atoms with Crippen molar-refractivity contribution in [2.75, 3.05) is 33.4 Å². The fourth-order valence-corrected chi connectivity index (χ4v) is 4.80. The minimum atomic E-state index is -0.417. The Balaban J connectivity index is 1.99. The van der Waals surface area contributed by atoms with E-state index in [0.29, 0.717) is 31.0 Å². The average Bonchev–Trinajstić information content (AvgIpc) is 3.16. The van der Waals surface area contributed by atoms with Gasteiger partial charge in [0.15, 0.2) is 5.17 Å². The number of fused-ring (bicyclic) bond motifs is 1. The van der Waals surface area contributed by atoms with Gasteiger partial charge in [-0.15, -0.1) is 0 Å². The highest BCUT2D eigenvalue weighted by atomic mass is 32.2. The van der Waals surface area contributed by atoms with E-state index in [1.54, 1.807) is 7.11 Å². The Morgan fingerprint density at radius 3 is 2.44 bits per heavy atom. The van der Waals surface area contributed by atoms with Crippen LogP contribution in [0, 0.1) is 6.92 Å². The lowest BCUT2D eigenvalue weighted by atomic mass is 9.93. The molecule has 1 unspecified atom stereocenters. The predicted molar refractivity (Wildman–Crippen MR) is 127 cm³/mol. The molecule has 0 aromatic heterocycles. The molecule has 0 N–H and O–H groups in total. The van der Waals surface area contributed by atoms with Gasteiger partial charge in [-0.3, -0.25) is 4.79 Å². The van der Waals surface area contributed by atoms with Gasteiger partial charge in [0.1, 0.15) is 6.61 Å². The van der Waals surface area contributed by atoms with Crippen LogP contribution < -0.4 is 0 Å². The molecular formula is C24H31N3O4S. The molecule has 8 heteroatoms. The van der Waals surface area contributed by atoms with Crippen LogP contribution in [-0.4, -0.2) is 60.3 Å². The Labute approximate surface area is 194 Å². The van der Waals surface area contributed by atoms with Gasteiger partial charge in [0.25, 0.3) is 0 Å². The van der Waals surface area contributed by atoms with E-state index in [0.717, 1.165) is 22.0 Å². The number of aryl methyl sites for hydroxylation is 1. The fourth-order valence-electron chi connectivity index (χ4n) is 3.83. The van der Waals surface area contributed by atoms with Crippen LogP contribution in [0.2, 0.25) is 0 Å². The van der Waals surface area contributed by atoms with Crippen molar-refractivity contribution in [2.24, 2.45) is 4.99 Å². The highest BCUT2D eigenvalue weighted by Crippen LogP contribution is 2.45. The van der Waals surface area contributed by atoms with Gasteiger partial charge in [-0.05, 0) is 38.7 Å². The summed E-state index contributed by atoms with van der Waals surface area (Å²) in [6, 6.07) is 7.68. The van der Waals surface area contributed by atoms with Crippen molar-refractivity contribution in [1.82, 2.24) is 9.80 Å². The third kappa shape index (κ3) is 5.07. The molecule has 0 radical (unpaired) electrons. The van der Waals surface area contributed by atoms with Crippen LogP contribution in [0.25, 0.3) is 0 Å². The first-order valence-corrected chi connectivity index (χ1v) is 11.7. The van der Waals surface area contributed by atoms with E-state index in [4.69, 9.17) is 9.47 Å². The molecule has 0 bridgehead atoms. The Kier molecular flexibility index (Phi) is 8.15. The third-order valence-electron chi connectivity index (χ3n) is 5.58. The predicted octanol–water partition coefficient (Wildman–Crippen LogP) is 4.02. The Hall–Kier alpha value is -2.58. The van der Waals surface area contributed by atoms with Crippen LogP contribution in [0.3, 0.4) is 0 Å². The number of aliphatic imine (C=N–C) groups is 1. The van der Waals surface area contributed by atoms with Gasteiger partial charge >= 0.3 is 5.97 Å². The number of benzene rings is 1. The molecule has 0 spiro atoms. The molecule has 2 aliphatic rings. The van der Waals surface area contributed by atoms with Crippen molar-refractivity contribution < 1.29 is 19.1 Å². The van der Waals surface area contributed by atoms with Gasteiger partial charge in [-0.25, -0.2) is 9.79 Å². The zero-order chi connectivity index (χ0) is 23.3. The van der Waals surface area contributed by atoms with E-state index in [2.05, 4.69) is 4.99 Å². The van der Waals surface area contributed by atoms with Crippen LogP contribution in [-0.2, 0) is 19.1 Å². The normalized spacial score (nSPS) is 17.7. The number of rotatable bonds is 9. The van der Waals surface area contributed by atoms with Gasteiger partial charge in [-0.1, -0.05) is 41.6 Å². The Morgan fingerprint density at radius 2 is 1.81 bits per heavy atom. The minimum Gasteiger partial charge on any atom is -0.460 e. The summed E-state index contributed by atoms with van der Waals surface area (Å²) in [5, 5.41) is 2.73. The number of allylic oxidation sites excluding steroid dienone is 1. The number of carbonyl (C=O) groups excluding carboxylic acids is 2. The number of amidine groups is 1. The fraction of sp³-hybridized carbons (Fsp3) is 0.458. The standard InChI is InChI=1S/C24H31N3O4S/c1-6-26(7-2)20(28)14-19-15-32-24-25-17(4)21(23(29)31-13-12-30-5)22(27(19)24)18-10-8-16(3)9-11-18/h8-11,15,22H,6-7,12-14H2,1-5H3. The Morgan fingerprint density at radius 1 is 1.12 bits per heavy atom. The van der Waals surface area contributed by atoms with Gasteiger partial charge < -0.3 is 19.3 Å². The third-order valence-corrected chi connectivity index (χ3v) is 6.47. The molecule has 0 saturated heterocycles. The maximum absolute atomic E-state index is 13.1. The number of ether oxygens (including phenoxy) is 2. The van der Waals surface area contributed by atoms with E-state index in [1.165, 1.54) is 11.8 Å². The maximum atomic E-state index is 13.1. The van der Waals surface area contributed by atoms with Gasteiger partial charge in [0, 0.05) is 25.9 Å². The topological polar surface area (TPSA) is 71.4 Å². The molecule has 1 atom stereocenters. The van der Waals surface area contributed by atoms with Crippen molar-refractivity contribution in [2.45, 2.75) is 40.2 Å². The molecule has 0 aliphatic carbocycles. The molecule has 0 saturated carbocycles. The average molecular weight is 458 g/mol. The summed E-state index contributed by atoms with van der Waals surface area (Å²) >= 11 is 1.48. The largest absolute Gasteiger partial charge is 0.460 e. The number of nitrogens with zero attached hydrogens (tertiary/aromatic N) is 3. The summed E-state index contributed by atoms with van der Waals surface area (Å²) in [5.74, 6) is -0.361. The lowest BCUT2D eigenvalue weighted by Crippen LogP contribution is -2.39. The molecule has 1 amide bonds. The summed E-state index contributed by atoms with van der Waals surface area (Å²) in [7, 11) is 1.57. The quantitative estimate of drug-likeness (QED) is 0.412. The van der Waals surface area contributed by atoms with Crippen molar-refractivity contribution in [3.8, 4) is 0 Å². The molecule has 2 heterocycles. The number of thioether (sulfide) groups is 1. The molecular weight excluding hydrogens is 426 g/mol. The highest BCUT2D eigenvalue weighted by molar-refractivity contribution is 8.16. The van der Waals surface area contributed by atoms with Crippen molar-refractivity contribution in [1.29, 1.82) is 0 Å². The Bertz CT molecular complexity index is 948. The number of carbonyl (C=O) groups is 2. The lowest BCUT2D eigenvalue weighted by Gasteiger charge is -2.36. The first-order chi connectivity index (χ1) is 15.4. The smallest absolute Gasteiger partial charge is 0.338 e. The summed E-state index contributed by atoms with van der Waals surface area (Å²) < 4.78 is 10.5. The van der Waals surface area contributed by atoms with E-state index >= 15 is 0 Å². The zero-order valence-corrected chi connectivity index (χ0v) is 20.2. The van der Waals surface area contributed by atoms with Crippen molar-refractivity contribution in [3.63, 3.8) is 0 Å². The SMILES string of the molecule is CCN(CC)C(=O)CC1=CSC2=NC(C)=C(C(=O)OCCOC)C(c3ccc(C)cc3)N12. The number of amides is 1. The van der Waals surface area contributed by atoms with E-state index < -0.39 is 12.0 Å². The molecule has 7 nitrogen and oxygen atoms in total. The van der Waals surface area contributed by atoms with Crippen molar-refractivity contribution >= 4 is 28.8 Å². The lowest BCUT2D eigenvalue weighted by molar-refractivity contribution is -0.141. The van der Waals surface area contributed by atoms with Gasteiger partial charge in [0.05, 0.1) is 30.3 Å². The van der Waals surface area contributed by atoms with E-state index in [9.17, 15) is 9.59 Å². The second-order valence-corrected chi connectivity index (χ2v) is 8.51. The number of methoxy groups -OCH3 is 1. The van der Waals surface area contributed by atoms with E-state index in [1.807, 2.05) is 67.2 Å². The molecule has 1 aromatic carbocycles. The van der Waals surface area contributed by atoms with Crippen LogP contribution >= 0.6 is 11.8 Å². The molecule has 0 fully saturated rings. The first-order valence-electron chi connectivity index (χ1n) is 10.9. The summed E-state index contributed by atoms with van der Waals surface area (Å²) in [4.78, 5) is 34.5. The second kappa shape index (κ2) is 10.8. The van der Waals surface area contributed by atoms with Gasteiger partial charge in [-0.2, -0.15) is 0 Å². The van der Waals surface area contributed by atoms with Gasteiger partial charge in [0.2, 0.25) is 5.91 Å².